The molecule has 0 saturated carbocycles. The second-order valence-corrected chi connectivity index (χ2v) is 6.76. The zero-order chi connectivity index (χ0) is 18.8. The second kappa shape index (κ2) is 7.34. The summed E-state index contributed by atoms with van der Waals surface area (Å²) in [5.41, 5.74) is 3.15. The molecule has 4 rings (SSSR count). The predicted molar refractivity (Wildman–Crippen MR) is 102 cm³/mol. The van der Waals surface area contributed by atoms with Crippen LogP contribution in [0.5, 0.6) is 5.75 Å². The van der Waals surface area contributed by atoms with Gasteiger partial charge < -0.3 is 9.64 Å². The summed E-state index contributed by atoms with van der Waals surface area (Å²) >= 11 is 0. The summed E-state index contributed by atoms with van der Waals surface area (Å²) in [4.78, 5) is 23.9. The number of benzene rings is 1. The van der Waals surface area contributed by atoms with Crippen molar-refractivity contribution >= 4 is 17.1 Å². The number of aromatic nitrogens is 4. The van der Waals surface area contributed by atoms with Crippen LogP contribution in [0.1, 0.15) is 41.7 Å². The minimum atomic E-state index is 0.00932. The van der Waals surface area contributed by atoms with Crippen LogP contribution in [0.2, 0.25) is 0 Å². The van der Waals surface area contributed by atoms with Crippen LogP contribution < -0.4 is 4.74 Å². The van der Waals surface area contributed by atoms with Crippen molar-refractivity contribution in [1.82, 2.24) is 24.6 Å². The molecule has 7 nitrogen and oxygen atoms in total. The van der Waals surface area contributed by atoms with Crippen molar-refractivity contribution in [2.24, 2.45) is 7.05 Å². The Balaban J connectivity index is 1.61. The summed E-state index contributed by atoms with van der Waals surface area (Å²) < 4.78 is 7.41. The lowest BCUT2D eigenvalue weighted by molar-refractivity contribution is 0.0702. The van der Waals surface area contributed by atoms with Gasteiger partial charge in [0.2, 0.25) is 0 Å². The lowest BCUT2D eigenvalue weighted by Crippen LogP contribution is -2.39. The number of nitrogens with zero attached hydrogens (tertiary/aromatic N) is 5. The van der Waals surface area contributed by atoms with E-state index in [1.54, 1.807) is 17.1 Å². The lowest BCUT2D eigenvalue weighted by atomic mass is 9.93. The van der Waals surface area contributed by atoms with Crippen molar-refractivity contribution in [3.05, 3.63) is 47.9 Å². The number of fused-ring (bicyclic) bond motifs is 1. The molecule has 0 bridgehead atoms. The average molecular weight is 365 g/mol. The third kappa shape index (κ3) is 3.25. The Morgan fingerprint density at radius 2 is 2.07 bits per heavy atom. The van der Waals surface area contributed by atoms with Gasteiger partial charge in [0.05, 0.1) is 17.9 Å². The van der Waals surface area contributed by atoms with E-state index in [4.69, 9.17) is 4.74 Å². The number of piperidine rings is 1. The van der Waals surface area contributed by atoms with Crippen molar-refractivity contribution in [3.63, 3.8) is 0 Å². The van der Waals surface area contributed by atoms with E-state index in [9.17, 15) is 4.79 Å². The van der Waals surface area contributed by atoms with E-state index in [1.807, 2.05) is 43.1 Å². The first-order valence-corrected chi connectivity index (χ1v) is 9.33. The second-order valence-electron chi connectivity index (χ2n) is 6.76. The SMILES string of the molecule is CCOc1ccccc1C(=O)N1CCC[C@H](c2nn(C)c3nccnc23)C1. The van der Waals surface area contributed by atoms with Gasteiger partial charge >= 0.3 is 0 Å². The van der Waals surface area contributed by atoms with Gasteiger partial charge in [-0.3, -0.25) is 4.79 Å². The largest absolute Gasteiger partial charge is 0.493 e. The molecule has 1 aliphatic rings. The van der Waals surface area contributed by atoms with E-state index >= 15 is 0 Å². The number of carbonyl (C=O) groups is 1. The number of aryl methyl sites for hydroxylation is 1. The van der Waals surface area contributed by atoms with Crippen molar-refractivity contribution in [2.45, 2.75) is 25.7 Å². The zero-order valence-electron chi connectivity index (χ0n) is 15.6. The van der Waals surface area contributed by atoms with Gasteiger partial charge in [0.25, 0.3) is 5.91 Å². The molecule has 3 heterocycles. The molecule has 1 fully saturated rings. The van der Waals surface area contributed by atoms with Gasteiger partial charge in [-0.1, -0.05) is 12.1 Å². The number of hydrogen-bond acceptors (Lipinski definition) is 5. The van der Waals surface area contributed by atoms with E-state index < -0.39 is 0 Å². The fourth-order valence-electron chi connectivity index (χ4n) is 3.76. The van der Waals surface area contributed by atoms with Crippen molar-refractivity contribution < 1.29 is 9.53 Å². The lowest BCUT2D eigenvalue weighted by Gasteiger charge is -2.32. The van der Waals surface area contributed by atoms with Crippen molar-refractivity contribution in [2.75, 3.05) is 19.7 Å². The standard InChI is InChI=1S/C20H23N5O2/c1-3-27-16-9-5-4-8-15(16)20(26)25-12-6-7-14(13-25)17-18-19(24(2)23-17)22-11-10-21-18/h4-5,8-11,14H,3,6-7,12-13H2,1-2H3/t14-/m0/s1. The van der Waals surface area contributed by atoms with Crippen LogP contribution in [0.25, 0.3) is 11.2 Å². The van der Waals surface area contributed by atoms with Gasteiger partial charge in [-0.15, -0.1) is 0 Å². The number of likely N-dealkylation sites (tertiary alicyclic amines) is 1. The molecule has 140 valence electrons. The van der Waals surface area contributed by atoms with E-state index in [-0.39, 0.29) is 11.8 Å². The van der Waals surface area contributed by atoms with E-state index in [1.165, 1.54) is 0 Å². The third-order valence-electron chi connectivity index (χ3n) is 5.00. The molecule has 27 heavy (non-hydrogen) atoms. The Morgan fingerprint density at radius 3 is 2.93 bits per heavy atom. The maximum absolute atomic E-state index is 13.1. The van der Waals surface area contributed by atoms with Gasteiger partial charge in [0.1, 0.15) is 11.3 Å². The first kappa shape index (κ1) is 17.5. The van der Waals surface area contributed by atoms with Gasteiger partial charge in [-0.05, 0) is 31.9 Å². The molecular formula is C20H23N5O2. The first-order valence-electron chi connectivity index (χ1n) is 9.33. The van der Waals surface area contributed by atoms with Crippen LogP contribution in [0, 0.1) is 0 Å². The molecule has 1 amide bonds. The minimum absolute atomic E-state index is 0.00932. The number of amides is 1. The summed E-state index contributed by atoms with van der Waals surface area (Å²) in [6.07, 6.45) is 5.29. The number of para-hydroxylation sites is 1. The van der Waals surface area contributed by atoms with Crippen LogP contribution in [0.15, 0.2) is 36.7 Å². The maximum Gasteiger partial charge on any atom is 0.257 e. The fraction of sp³-hybridized carbons (Fsp3) is 0.400. The Morgan fingerprint density at radius 1 is 1.26 bits per heavy atom. The Labute approximate surface area is 158 Å². The van der Waals surface area contributed by atoms with Gasteiger partial charge in [-0.25, -0.2) is 14.6 Å². The monoisotopic (exact) mass is 365 g/mol. The van der Waals surface area contributed by atoms with Crippen LogP contribution in [0.4, 0.5) is 0 Å². The smallest absolute Gasteiger partial charge is 0.257 e. The molecule has 0 spiro atoms. The Kier molecular flexibility index (Phi) is 4.75. The van der Waals surface area contributed by atoms with Gasteiger partial charge in [-0.2, -0.15) is 5.10 Å². The molecule has 3 aromatic rings. The van der Waals surface area contributed by atoms with Gasteiger partial charge in [0.15, 0.2) is 5.65 Å². The Hall–Kier alpha value is -2.96. The predicted octanol–water partition coefficient (Wildman–Crippen LogP) is 2.78. The molecule has 0 unspecified atom stereocenters. The normalized spacial score (nSPS) is 17.3. The highest BCUT2D eigenvalue weighted by atomic mass is 16.5. The number of rotatable bonds is 4. The van der Waals surface area contributed by atoms with Gasteiger partial charge in [0, 0.05) is 38.4 Å². The molecule has 2 aromatic heterocycles. The fourth-order valence-corrected chi connectivity index (χ4v) is 3.76. The van der Waals surface area contributed by atoms with Crippen LogP contribution in [-0.4, -0.2) is 50.3 Å². The molecule has 1 aromatic carbocycles. The summed E-state index contributed by atoms with van der Waals surface area (Å²) in [5, 5.41) is 4.66. The zero-order valence-corrected chi connectivity index (χ0v) is 15.6. The number of hydrogen-bond donors (Lipinski definition) is 0. The molecule has 0 aliphatic carbocycles. The topological polar surface area (TPSA) is 73.1 Å². The van der Waals surface area contributed by atoms with Crippen LogP contribution in [-0.2, 0) is 7.05 Å². The van der Waals surface area contributed by atoms with E-state index in [0.717, 1.165) is 36.2 Å². The summed E-state index contributed by atoms with van der Waals surface area (Å²) in [6, 6.07) is 7.44. The first-order chi connectivity index (χ1) is 13.2. The maximum atomic E-state index is 13.1. The summed E-state index contributed by atoms with van der Waals surface area (Å²) in [5.74, 6) is 0.804. The molecule has 1 atom stereocenters. The highest BCUT2D eigenvalue weighted by molar-refractivity contribution is 5.97. The quantitative estimate of drug-likeness (QED) is 0.711. The summed E-state index contributed by atoms with van der Waals surface area (Å²) in [7, 11) is 1.88. The Bertz CT molecular complexity index is 968. The summed E-state index contributed by atoms with van der Waals surface area (Å²) in [6.45, 7) is 3.82. The third-order valence-corrected chi connectivity index (χ3v) is 5.00. The minimum Gasteiger partial charge on any atom is -0.493 e. The average Bonchev–Trinajstić information content (AvgIpc) is 3.05. The molecule has 0 N–H and O–H groups in total. The molecule has 0 radical (unpaired) electrons. The van der Waals surface area contributed by atoms with Crippen molar-refractivity contribution in [1.29, 1.82) is 0 Å². The van der Waals surface area contributed by atoms with Crippen molar-refractivity contribution in [3.8, 4) is 5.75 Å². The van der Waals surface area contributed by atoms with E-state index in [0.29, 0.717) is 24.5 Å². The molecule has 1 aliphatic heterocycles. The van der Waals surface area contributed by atoms with Crippen LogP contribution >= 0.6 is 0 Å². The molecule has 1 saturated heterocycles. The van der Waals surface area contributed by atoms with E-state index in [2.05, 4.69) is 15.1 Å². The molecule has 7 heteroatoms. The number of carbonyl (C=O) groups excluding carboxylic acids is 1. The number of ether oxygens (including phenoxy) is 1. The highest BCUT2D eigenvalue weighted by Gasteiger charge is 2.30. The van der Waals surface area contributed by atoms with Crippen LogP contribution in [0.3, 0.4) is 0 Å². The molecular weight excluding hydrogens is 342 g/mol. The highest BCUT2D eigenvalue weighted by Crippen LogP contribution is 2.31.